The van der Waals surface area contributed by atoms with E-state index in [1.807, 2.05) is 42.5 Å². The molecule has 1 unspecified atom stereocenters. The molecule has 30 heavy (non-hydrogen) atoms. The monoisotopic (exact) mass is 425 g/mol. The van der Waals surface area contributed by atoms with Gasteiger partial charge in [0.2, 0.25) is 5.91 Å². The number of halogens is 1. The number of rotatable bonds is 9. The lowest BCUT2D eigenvalue weighted by molar-refractivity contribution is -0.122. The number of para-hydroxylation sites is 1. The number of amides is 1. The molecule has 6 heteroatoms. The molecule has 0 aliphatic rings. The highest BCUT2D eigenvalue weighted by molar-refractivity contribution is 6.30. The highest BCUT2D eigenvalue weighted by Gasteiger charge is 2.15. The fraction of sp³-hybridized carbons (Fsp3) is 0.375. The van der Waals surface area contributed by atoms with E-state index in [9.17, 15) is 9.59 Å². The molecule has 0 bridgehead atoms. The molecule has 0 spiro atoms. The van der Waals surface area contributed by atoms with E-state index >= 15 is 0 Å². The van der Waals surface area contributed by atoms with Crippen LogP contribution in [0.4, 0.5) is 0 Å². The second kappa shape index (κ2) is 10.4. The van der Waals surface area contributed by atoms with Crippen molar-refractivity contribution in [3.8, 4) is 0 Å². The number of H-pyrrole nitrogens is 1. The third kappa shape index (κ3) is 6.17. The summed E-state index contributed by atoms with van der Waals surface area (Å²) in [6.07, 6.45) is 3.44. The van der Waals surface area contributed by atoms with Crippen LogP contribution in [0.25, 0.3) is 10.9 Å². The molecule has 0 aliphatic heterocycles. The number of aromatic nitrogens is 2. The summed E-state index contributed by atoms with van der Waals surface area (Å²) in [6.45, 7) is 4.36. The first-order valence-corrected chi connectivity index (χ1v) is 10.8. The van der Waals surface area contributed by atoms with Gasteiger partial charge >= 0.3 is 0 Å². The van der Waals surface area contributed by atoms with Gasteiger partial charge in [0.15, 0.2) is 0 Å². The van der Waals surface area contributed by atoms with E-state index in [0.29, 0.717) is 46.9 Å². The van der Waals surface area contributed by atoms with Gasteiger partial charge in [0.1, 0.15) is 5.82 Å². The molecule has 3 aromatic rings. The number of aromatic amines is 1. The van der Waals surface area contributed by atoms with E-state index < -0.39 is 0 Å². The normalized spacial score (nSPS) is 12.3. The summed E-state index contributed by atoms with van der Waals surface area (Å²) in [6, 6.07) is 14.9. The summed E-state index contributed by atoms with van der Waals surface area (Å²) in [5.74, 6) is 1.18. The smallest absolute Gasteiger partial charge is 0.258 e. The molecule has 0 fully saturated rings. The van der Waals surface area contributed by atoms with Crippen molar-refractivity contribution in [2.75, 3.05) is 0 Å². The minimum Gasteiger partial charge on any atom is -0.349 e. The quantitative estimate of drug-likeness (QED) is 0.495. The molecule has 0 aliphatic carbocycles. The van der Waals surface area contributed by atoms with Crippen LogP contribution >= 0.6 is 11.6 Å². The zero-order chi connectivity index (χ0) is 21.5. The van der Waals surface area contributed by atoms with Crippen LogP contribution in [0.5, 0.6) is 0 Å². The third-order valence-corrected chi connectivity index (χ3v) is 5.37. The lowest BCUT2D eigenvalue weighted by atomic mass is 9.97. The predicted molar refractivity (Wildman–Crippen MR) is 122 cm³/mol. The second-order valence-corrected chi connectivity index (χ2v) is 8.46. The largest absolute Gasteiger partial charge is 0.349 e. The third-order valence-electron chi connectivity index (χ3n) is 5.12. The Kier molecular flexibility index (Phi) is 7.63. The topological polar surface area (TPSA) is 74.8 Å². The van der Waals surface area contributed by atoms with E-state index in [1.54, 1.807) is 6.07 Å². The molecule has 5 nitrogen and oxygen atoms in total. The van der Waals surface area contributed by atoms with E-state index in [-0.39, 0.29) is 17.5 Å². The van der Waals surface area contributed by atoms with Crippen molar-refractivity contribution in [1.29, 1.82) is 0 Å². The van der Waals surface area contributed by atoms with Gasteiger partial charge in [-0.25, -0.2) is 4.98 Å². The molecule has 1 amide bonds. The summed E-state index contributed by atoms with van der Waals surface area (Å²) in [5, 5.41) is 4.42. The number of nitrogens with one attached hydrogen (secondary N) is 2. The van der Waals surface area contributed by atoms with Crippen LogP contribution in [0.15, 0.2) is 53.3 Å². The number of hydrogen-bond acceptors (Lipinski definition) is 3. The molecule has 1 aromatic heterocycles. The number of fused-ring (bicyclic) bond motifs is 1. The van der Waals surface area contributed by atoms with E-state index in [1.165, 1.54) is 0 Å². The van der Waals surface area contributed by atoms with Gasteiger partial charge in [0.25, 0.3) is 5.56 Å². The molecule has 0 radical (unpaired) electrons. The lowest BCUT2D eigenvalue weighted by Crippen LogP contribution is -2.28. The van der Waals surface area contributed by atoms with Crippen molar-refractivity contribution < 1.29 is 4.79 Å². The van der Waals surface area contributed by atoms with Crippen LogP contribution < -0.4 is 10.9 Å². The van der Waals surface area contributed by atoms with Gasteiger partial charge in [0.05, 0.1) is 16.9 Å². The maximum absolute atomic E-state index is 12.6. The number of benzene rings is 2. The lowest BCUT2D eigenvalue weighted by Gasteiger charge is -2.20. The zero-order valence-electron chi connectivity index (χ0n) is 17.5. The van der Waals surface area contributed by atoms with Crippen molar-refractivity contribution in [3.05, 3.63) is 75.3 Å². The van der Waals surface area contributed by atoms with Crippen LogP contribution in [-0.2, 0) is 11.2 Å². The number of hydrogen-bond donors (Lipinski definition) is 2. The molecule has 0 saturated heterocycles. The van der Waals surface area contributed by atoms with Gasteiger partial charge < -0.3 is 10.3 Å². The average molecular weight is 426 g/mol. The Labute approximate surface area is 181 Å². The van der Waals surface area contributed by atoms with Crippen LogP contribution in [-0.4, -0.2) is 15.9 Å². The number of carbonyl (C=O) groups is 1. The van der Waals surface area contributed by atoms with Gasteiger partial charge in [-0.05, 0) is 55.0 Å². The van der Waals surface area contributed by atoms with E-state index in [0.717, 1.165) is 18.4 Å². The Hall–Kier alpha value is -2.66. The summed E-state index contributed by atoms with van der Waals surface area (Å²) in [5.41, 5.74) is 1.60. The number of nitrogens with zero attached hydrogens (tertiary/aromatic N) is 1. The maximum Gasteiger partial charge on any atom is 0.258 e. The first-order valence-electron chi connectivity index (χ1n) is 10.4. The number of carbonyl (C=O) groups excluding carboxylic acids is 1. The minimum absolute atomic E-state index is 0.00171. The van der Waals surface area contributed by atoms with Crippen molar-refractivity contribution in [2.24, 2.45) is 5.92 Å². The Morgan fingerprint density at radius 2 is 1.83 bits per heavy atom. The predicted octanol–water partition coefficient (Wildman–Crippen LogP) is 5.19. The highest BCUT2D eigenvalue weighted by atomic mass is 35.5. The molecular formula is C24H28ClN3O2. The van der Waals surface area contributed by atoms with Gasteiger partial charge in [0, 0.05) is 17.9 Å². The Morgan fingerprint density at radius 3 is 2.57 bits per heavy atom. The Bertz CT molecular complexity index is 1040. The van der Waals surface area contributed by atoms with Crippen molar-refractivity contribution >= 4 is 28.4 Å². The highest BCUT2D eigenvalue weighted by Crippen LogP contribution is 2.23. The Balaban J connectivity index is 1.58. The van der Waals surface area contributed by atoms with Gasteiger partial charge in [-0.15, -0.1) is 0 Å². The van der Waals surface area contributed by atoms with Crippen molar-refractivity contribution in [1.82, 2.24) is 15.3 Å². The summed E-state index contributed by atoms with van der Waals surface area (Å²) < 4.78 is 0. The molecule has 3 rings (SSSR count). The van der Waals surface area contributed by atoms with Gasteiger partial charge in [-0.3, -0.25) is 9.59 Å². The van der Waals surface area contributed by atoms with Gasteiger partial charge in [-0.1, -0.05) is 49.7 Å². The average Bonchev–Trinajstić information content (AvgIpc) is 2.72. The summed E-state index contributed by atoms with van der Waals surface area (Å²) >= 11 is 6.01. The molecule has 1 atom stereocenters. The van der Waals surface area contributed by atoms with Crippen LogP contribution in [0.3, 0.4) is 0 Å². The van der Waals surface area contributed by atoms with E-state index in [4.69, 9.17) is 11.6 Å². The van der Waals surface area contributed by atoms with Crippen molar-refractivity contribution in [3.63, 3.8) is 0 Å². The zero-order valence-corrected chi connectivity index (χ0v) is 18.2. The summed E-state index contributed by atoms with van der Waals surface area (Å²) in [4.78, 5) is 32.1. The molecule has 0 saturated carbocycles. The first kappa shape index (κ1) is 22.0. The van der Waals surface area contributed by atoms with Crippen LogP contribution in [0.2, 0.25) is 5.02 Å². The van der Waals surface area contributed by atoms with Crippen LogP contribution in [0, 0.1) is 5.92 Å². The van der Waals surface area contributed by atoms with E-state index in [2.05, 4.69) is 29.1 Å². The molecule has 158 valence electrons. The fourth-order valence-corrected chi connectivity index (χ4v) is 3.58. The van der Waals surface area contributed by atoms with Crippen LogP contribution in [0.1, 0.15) is 57.0 Å². The first-order chi connectivity index (χ1) is 14.4. The fourth-order valence-electron chi connectivity index (χ4n) is 3.45. The SMILES string of the molecule is CC(C)CCC(NC(=O)CCCc1nc2ccccc2c(=O)[nH]1)c1ccc(Cl)cc1. The van der Waals surface area contributed by atoms with Gasteiger partial charge in [-0.2, -0.15) is 0 Å². The second-order valence-electron chi connectivity index (χ2n) is 8.03. The molecular weight excluding hydrogens is 398 g/mol. The molecule has 2 aromatic carbocycles. The molecule has 2 N–H and O–H groups in total. The minimum atomic E-state index is -0.142. The summed E-state index contributed by atoms with van der Waals surface area (Å²) in [7, 11) is 0. The maximum atomic E-state index is 12.6. The number of aryl methyl sites for hydroxylation is 1. The standard InChI is InChI=1S/C24H28ClN3O2/c1-16(2)10-15-20(17-11-13-18(25)14-12-17)27-23(29)9-5-8-22-26-21-7-4-3-6-19(21)24(30)28-22/h3-4,6-7,11-14,16,20H,5,8-10,15H2,1-2H3,(H,27,29)(H,26,28,30). The molecule has 1 heterocycles. The Morgan fingerprint density at radius 1 is 1.10 bits per heavy atom. The van der Waals surface area contributed by atoms with Crippen molar-refractivity contribution in [2.45, 2.75) is 52.0 Å².